The molecule has 0 saturated carbocycles. The maximum Gasteiger partial charge on any atom is 0.410 e. The van der Waals surface area contributed by atoms with Crippen LogP contribution in [-0.4, -0.2) is 42.4 Å². The van der Waals surface area contributed by atoms with Gasteiger partial charge in [-0.05, 0) is 25.3 Å². The Hall–Kier alpha value is -2.37. The topological polar surface area (TPSA) is 72.9 Å². The minimum Gasteiger partial charge on any atom is -0.465 e. The van der Waals surface area contributed by atoms with E-state index in [0.717, 1.165) is 5.56 Å². The van der Waals surface area contributed by atoms with Crippen LogP contribution >= 0.6 is 0 Å². The summed E-state index contributed by atoms with van der Waals surface area (Å²) in [6.45, 7) is 2.92. The van der Waals surface area contributed by atoms with E-state index in [4.69, 9.17) is 9.47 Å². The summed E-state index contributed by atoms with van der Waals surface area (Å²) in [6.07, 6.45) is 0.681. The number of Topliss-reactive ketones (excluding diaryl/α,β-unsaturated/α-hetero) is 1. The summed E-state index contributed by atoms with van der Waals surface area (Å²) in [5, 5.41) is 0. The molecule has 1 aromatic rings. The average Bonchev–Trinajstić information content (AvgIpc) is 2.57. The quantitative estimate of drug-likeness (QED) is 0.625. The van der Waals surface area contributed by atoms with E-state index in [1.165, 1.54) is 4.90 Å². The molecule has 1 aliphatic rings. The Morgan fingerprint density at radius 3 is 2.62 bits per heavy atom. The maximum atomic E-state index is 12.2. The largest absolute Gasteiger partial charge is 0.465 e. The van der Waals surface area contributed by atoms with Crippen LogP contribution in [0.25, 0.3) is 0 Å². The highest BCUT2D eigenvalue weighted by Gasteiger charge is 2.30. The number of ketones is 1. The molecule has 1 saturated heterocycles. The summed E-state index contributed by atoms with van der Waals surface area (Å²) in [5.41, 5.74) is 0.913. The minimum absolute atomic E-state index is 0.143. The van der Waals surface area contributed by atoms with Crippen LogP contribution in [0.15, 0.2) is 30.3 Å². The number of esters is 1. The molecule has 1 unspecified atom stereocenters. The Bertz CT molecular complexity index is 572. The van der Waals surface area contributed by atoms with Gasteiger partial charge in [-0.3, -0.25) is 9.59 Å². The first-order valence-electron chi connectivity index (χ1n) is 8.26. The van der Waals surface area contributed by atoms with Crippen LogP contribution in [0, 0.1) is 5.92 Å². The highest BCUT2D eigenvalue weighted by Crippen LogP contribution is 2.17. The molecule has 1 aromatic carbocycles. The minimum atomic E-state index is -0.701. The van der Waals surface area contributed by atoms with Crippen molar-refractivity contribution in [3.05, 3.63) is 35.9 Å². The van der Waals surface area contributed by atoms with Crippen molar-refractivity contribution in [1.82, 2.24) is 4.90 Å². The summed E-state index contributed by atoms with van der Waals surface area (Å²) in [4.78, 5) is 37.6. The number of rotatable bonds is 4. The van der Waals surface area contributed by atoms with E-state index in [1.807, 2.05) is 30.3 Å². The third kappa shape index (κ3) is 5.08. The molecule has 1 amide bonds. The molecule has 0 N–H and O–H groups in total. The third-order valence-corrected chi connectivity index (χ3v) is 3.97. The number of carbonyl (C=O) groups is 3. The maximum absolute atomic E-state index is 12.2. The van der Waals surface area contributed by atoms with Gasteiger partial charge in [-0.2, -0.15) is 0 Å². The standard InChI is InChI=1S/C18H23NO5/c1-2-23-17(21)15-9-6-11-19(12-10-16(15)20)18(22)24-13-14-7-4-3-5-8-14/h3-5,7-8,15H,2,6,9-13H2,1H3. The second kappa shape index (κ2) is 9.05. The highest BCUT2D eigenvalue weighted by atomic mass is 16.6. The number of likely N-dealkylation sites (tertiary alicyclic amines) is 1. The molecular formula is C18H23NO5. The molecule has 24 heavy (non-hydrogen) atoms. The zero-order chi connectivity index (χ0) is 17.4. The number of hydrogen-bond donors (Lipinski definition) is 0. The molecule has 0 spiro atoms. The van der Waals surface area contributed by atoms with Crippen LogP contribution in [0.2, 0.25) is 0 Å². The number of carbonyl (C=O) groups excluding carboxylic acids is 3. The molecule has 0 aliphatic carbocycles. The zero-order valence-corrected chi connectivity index (χ0v) is 13.9. The molecule has 2 rings (SSSR count). The lowest BCUT2D eigenvalue weighted by molar-refractivity contribution is -0.152. The monoisotopic (exact) mass is 333 g/mol. The Balaban J connectivity index is 1.85. The first-order chi connectivity index (χ1) is 11.6. The van der Waals surface area contributed by atoms with Gasteiger partial charge in [0.25, 0.3) is 0 Å². The summed E-state index contributed by atoms with van der Waals surface area (Å²) in [7, 11) is 0. The van der Waals surface area contributed by atoms with Crippen molar-refractivity contribution in [2.75, 3.05) is 19.7 Å². The molecule has 1 heterocycles. The lowest BCUT2D eigenvalue weighted by Crippen LogP contribution is -2.39. The summed E-state index contributed by atoms with van der Waals surface area (Å²) in [6, 6.07) is 9.43. The van der Waals surface area contributed by atoms with Gasteiger partial charge in [0, 0.05) is 19.5 Å². The van der Waals surface area contributed by atoms with E-state index >= 15 is 0 Å². The van der Waals surface area contributed by atoms with Gasteiger partial charge in [0.05, 0.1) is 6.61 Å². The molecule has 6 heteroatoms. The summed E-state index contributed by atoms with van der Waals surface area (Å²) in [5.74, 6) is -1.33. The van der Waals surface area contributed by atoms with Crippen molar-refractivity contribution >= 4 is 17.8 Å². The van der Waals surface area contributed by atoms with Crippen LogP contribution in [-0.2, 0) is 25.7 Å². The fourth-order valence-corrected chi connectivity index (χ4v) is 2.66. The van der Waals surface area contributed by atoms with E-state index in [0.29, 0.717) is 19.4 Å². The van der Waals surface area contributed by atoms with Gasteiger partial charge in [-0.25, -0.2) is 4.79 Å². The van der Waals surface area contributed by atoms with E-state index in [-0.39, 0.29) is 32.0 Å². The Morgan fingerprint density at radius 2 is 1.92 bits per heavy atom. The molecule has 1 aliphatic heterocycles. The van der Waals surface area contributed by atoms with Gasteiger partial charge in [-0.1, -0.05) is 30.3 Å². The molecule has 0 radical (unpaired) electrons. The van der Waals surface area contributed by atoms with Crippen LogP contribution in [0.4, 0.5) is 4.79 Å². The van der Waals surface area contributed by atoms with E-state index < -0.39 is 18.0 Å². The van der Waals surface area contributed by atoms with Crippen LogP contribution in [0.3, 0.4) is 0 Å². The van der Waals surface area contributed by atoms with E-state index in [9.17, 15) is 14.4 Å². The predicted octanol–water partition coefficient (Wildman–Crippen LogP) is 2.56. The Morgan fingerprint density at radius 1 is 1.17 bits per heavy atom. The number of benzene rings is 1. The van der Waals surface area contributed by atoms with Gasteiger partial charge in [0.15, 0.2) is 0 Å². The molecule has 1 fully saturated rings. The van der Waals surface area contributed by atoms with Crippen LogP contribution in [0.1, 0.15) is 31.7 Å². The van der Waals surface area contributed by atoms with Gasteiger partial charge in [-0.15, -0.1) is 0 Å². The van der Waals surface area contributed by atoms with Crippen molar-refractivity contribution < 1.29 is 23.9 Å². The summed E-state index contributed by atoms with van der Waals surface area (Å²) < 4.78 is 10.2. The smallest absolute Gasteiger partial charge is 0.410 e. The van der Waals surface area contributed by atoms with Crippen molar-refractivity contribution in [3.8, 4) is 0 Å². The number of nitrogens with zero attached hydrogens (tertiary/aromatic N) is 1. The van der Waals surface area contributed by atoms with Gasteiger partial charge >= 0.3 is 12.1 Å². The number of ether oxygens (including phenoxy) is 2. The Kier molecular flexibility index (Phi) is 6.78. The fourth-order valence-electron chi connectivity index (χ4n) is 2.66. The van der Waals surface area contributed by atoms with Crippen molar-refractivity contribution in [2.24, 2.45) is 5.92 Å². The number of hydrogen-bond acceptors (Lipinski definition) is 5. The normalized spacial score (nSPS) is 18.5. The fraction of sp³-hybridized carbons (Fsp3) is 0.500. The SMILES string of the molecule is CCOC(=O)C1CCCN(C(=O)OCc2ccccc2)CCC1=O. The lowest BCUT2D eigenvalue weighted by atomic mass is 9.94. The Labute approximate surface area is 141 Å². The zero-order valence-electron chi connectivity index (χ0n) is 13.9. The molecule has 6 nitrogen and oxygen atoms in total. The van der Waals surface area contributed by atoms with Crippen LogP contribution in [0.5, 0.6) is 0 Å². The van der Waals surface area contributed by atoms with Crippen molar-refractivity contribution in [2.45, 2.75) is 32.8 Å². The average molecular weight is 333 g/mol. The highest BCUT2D eigenvalue weighted by molar-refractivity contribution is 5.99. The van der Waals surface area contributed by atoms with Gasteiger partial charge < -0.3 is 14.4 Å². The molecule has 130 valence electrons. The first kappa shape index (κ1) is 18.0. The molecular weight excluding hydrogens is 310 g/mol. The van der Waals surface area contributed by atoms with E-state index in [2.05, 4.69) is 0 Å². The van der Waals surface area contributed by atoms with Crippen molar-refractivity contribution in [1.29, 1.82) is 0 Å². The first-order valence-corrected chi connectivity index (χ1v) is 8.26. The second-order valence-corrected chi connectivity index (χ2v) is 5.69. The van der Waals surface area contributed by atoms with Crippen LogP contribution < -0.4 is 0 Å². The molecule has 0 bridgehead atoms. The van der Waals surface area contributed by atoms with E-state index in [1.54, 1.807) is 6.92 Å². The predicted molar refractivity (Wildman–Crippen MR) is 87.2 cm³/mol. The second-order valence-electron chi connectivity index (χ2n) is 5.69. The lowest BCUT2D eigenvalue weighted by Gasteiger charge is -2.26. The summed E-state index contributed by atoms with van der Waals surface area (Å²) >= 11 is 0. The third-order valence-electron chi connectivity index (χ3n) is 3.97. The van der Waals surface area contributed by atoms with Gasteiger partial charge in [0.1, 0.15) is 18.3 Å². The molecule has 0 aromatic heterocycles. The molecule has 1 atom stereocenters. The van der Waals surface area contributed by atoms with Crippen molar-refractivity contribution in [3.63, 3.8) is 0 Å². The number of amides is 1. The van der Waals surface area contributed by atoms with Gasteiger partial charge in [0.2, 0.25) is 0 Å².